The number of benzene rings is 14. The van der Waals surface area contributed by atoms with Gasteiger partial charge in [-0.25, -0.2) is 0 Å². The van der Waals surface area contributed by atoms with E-state index >= 15 is 0 Å². The number of aromatic nitrogens is 2. The van der Waals surface area contributed by atoms with E-state index in [1.165, 1.54) is 11.1 Å². The smallest absolute Gasteiger partial charge is 0.0645 e. The molecule has 19 rings (SSSR count). The molecule has 1 unspecified atom stereocenters. The van der Waals surface area contributed by atoms with E-state index in [0.29, 0.717) is 34.7 Å². The van der Waals surface area contributed by atoms with Crippen LogP contribution in [0.25, 0.3) is 111 Å². The van der Waals surface area contributed by atoms with E-state index in [4.69, 9.17) is 1.37 Å². The molecule has 0 saturated carbocycles. The maximum Gasteiger partial charge on any atom is 0.0645 e. The first kappa shape index (κ1) is 55.6. The van der Waals surface area contributed by atoms with Crippen LogP contribution >= 0.6 is 0 Å². The van der Waals surface area contributed by atoms with Crippen molar-refractivity contribution in [3.05, 3.63) is 347 Å². The second-order valence-electron chi connectivity index (χ2n) is 35.6. The molecular formula is C106H96N4. The van der Waals surface area contributed by atoms with Crippen LogP contribution in [0.2, 0.25) is 0 Å². The first-order valence-corrected chi connectivity index (χ1v) is 38.6. The maximum absolute atomic E-state index is 10.2. The van der Waals surface area contributed by atoms with Crippen LogP contribution in [0.3, 0.4) is 0 Å². The van der Waals surface area contributed by atoms with Gasteiger partial charge in [-0.1, -0.05) is 310 Å². The summed E-state index contributed by atoms with van der Waals surface area (Å²) >= 11 is 0. The SMILES string of the molecule is [2H]c1c([2H])c([2H])c(-c2ccc3c(c2)N(c2cccc4c2Cc2c-4cccc2-n2c4ccc(C(C)(C)C)cc4c4cc(C(C)(C)C)ccc42)c2cc(-n4c5c([2H])c([2H])c([2H])c([2H])c5c5c([2H])c([2H])c([2H])c([2H])c54)cc4c2C3c2ccc(-c3cc(C(C)(C)C)cc(C(C)(C)C)c3)cc2N4c2c(-c3ccccc3)cc(C(C)(C)C)cc2-c2ccccc2)c([2H])c1[2H]. The van der Waals surface area contributed by atoms with Crippen molar-refractivity contribution in [2.75, 3.05) is 9.80 Å². The standard InChI is InChI=1S/C106H96N4/c1-102(2,3)71-47-51-93-85(58-71)86-59-72(103(4,5)6)48-52-94(86)108(93)91-43-29-39-77-78-40-30-44-92(88(78)64-87(77)91)109-95-55-68(65-31-19-16-20-32-65)45-49-81(95)99-82-50-46-69(70-53-73(104(7,8)9)57-74(54-70)105(10,11)12)56-96(82)110(98-63-76(62-97(109)100(98)99)107-89-41-27-25-37-79(89)80-38-26-28-42-90(80)107)101-83(66-33-21-17-22-34-66)60-75(106(13,14)15)61-84(101)67-35-23-18-24-36-67/h16-63,99H,64H2,1-15H3/i16D,19D,20D,25D,26D,27D,28D,31D,32D,37D,38D,41D,42D. The molecule has 4 heterocycles. The Morgan fingerprint density at radius 3 is 1.24 bits per heavy atom. The molecule has 3 aliphatic rings. The van der Waals surface area contributed by atoms with Gasteiger partial charge in [0, 0.05) is 50.6 Å². The molecule has 1 atom stereocenters. The Balaban J connectivity index is 0.998. The molecule has 0 radical (unpaired) electrons. The molecule has 2 aromatic heterocycles. The van der Waals surface area contributed by atoms with Crippen molar-refractivity contribution >= 4 is 77.7 Å². The molecule has 110 heavy (non-hydrogen) atoms. The van der Waals surface area contributed by atoms with Crippen LogP contribution in [0.5, 0.6) is 0 Å². The predicted octanol–water partition coefficient (Wildman–Crippen LogP) is 29.4. The summed E-state index contributed by atoms with van der Waals surface area (Å²) < 4.78 is 129. The van der Waals surface area contributed by atoms with Crippen LogP contribution in [-0.4, -0.2) is 9.13 Å². The van der Waals surface area contributed by atoms with Gasteiger partial charge in [0.15, 0.2) is 0 Å². The summed E-state index contributed by atoms with van der Waals surface area (Å²) in [6, 6.07) is 69.8. The fourth-order valence-electron chi connectivity index (χ4n) is 17.5. The van der Waals surface area contributed by atoms with E-state index in [9.17, 15) is 16.4 Å². The second kappa shape index (κ2) is 24.9. The van der Waals surface area contributed by atoms with Crippen molar-refractivity contribution in [1.82, 2.24) is 9.13 Å². The van der Waals surface area contributed by atoms with Gasteiger partial charge in [0.1, 0.15) is 0 Å². The van der Waals surface area contributed by atoms with Gasteiger partial charge in [0.05, 0.1) is 85.4 Å². The third kappa shape index (κ3) is 11.1. The molecule has 0 bridgehead atoms. The largest absolute Gasteiger partial charge is 0.309 e. The van der Waals surface area contributed by atoms with Gasteiger partial charge in [-0.05, 0) is 207 Å². The van der Waals surface area contributed by atoms with Crippen molar-refractivity contribution < 1.29 is 17.8 Å². The molecule has 16 aromatic rings. The van der Waals surface area contributed by atoms with E-state index in [1.54, 1.807) is 4.57 Å². The minimum absolute atomic E-state index is 0.0100. The summed E-state index contributed by atoms with van der Waals surface area (Å²) in [5, 5.41) is 2.15. The van der Waals surface area contributed by atoms with E-state index in [0.717, 1.165) is 134 Å². The number of rotatable bonds is 8. The number of hydrogen-bond acceptors (Lipinski definition) is 2. The average molecular weight is 1440 g/mol. The fourth-order valence-corrected chi connectivity index (χ4v) is 17.5. The number of nitrogens with zero attached hydrogens (tertiary/aromatic N) is 4. The van der Waals surface area contributed by atoms with Crippen molar-refractivity contribution in [1.29, 1.82) is 0 Å². The summed E-state index contributed by atoms with van der Waals surface area (Å²) in [7, 11) is 0. The van der Waals surface area contributed by atoms with E-state index < -0.39 is 77.8 Å². The van der Waals surface area contributed by atoms with Crippen LogP contribution in [0.15, 0.2) is 291 Å². The van der Waals surface area contributed by atoms with Crippen LogP contribution in [0.1, 0.15) is 183 Å². The molecule has 4 heteroatoms. The second-order valence-corrected chi connectivity index (χ2v) is 35.6. The number of hydrogen-bond donors (Lipinski definition) is 0. The zero-order chi connectivity index (χ0) is 87.1. The molecule has 540 valence electrons. The summed E-state index contributed by atoms with van der Waals surface area (Å²) in [5.41, 5.74) is 24.7. The van der Waals surface area contributed by atoms with Crippen LogP contribution in [0.4, 0.5) is 34.1 Å². The van der Waals surface area contributed by atoms with Crippen molar-refractivity contribution in [2.24, 2.45) is 0 Å². The first-order valence-electron chi connectivity index (χ1n) is 45.1. The van der Waals surface area contributed by atoms with Gasteiger partial charge in [-0.3, -0.25) is 0 Å². The molecule has 4 nitrogen and oxygen atoms in total. The summed E-state index contributed by atoms with van der Waals surface area (Å²) in [5.74, 6) is -0.689. The Bertz CT molecular complexity index is 7010. The molecule has 14 aromatic carbocycles. The quantitative estimate of drug-likeness (QED) is 0.151. The maximum atomic E-state index is 10.2. The Morgan fingerprint density at radius 1 is 0.282 bits per heavy atom. The lowest BCUT2D eigenvalue weighted by Crippen LogP contribution is -2.30. The van der Waals surface area contributed by atoms with Gasteiger partial charge >= 0.3 is 0 Å². The zero-order valence-electron chi connectivity index (χ0n) is 78.3. The van der Waals surface area contributed by atoms with E-state index in [1.807, 2.05) is 30.3 Å². The highest BCUT2D eigenvalue weighted by atomic mass is 15.2. The predicted molar refractivity (Wildman–Crippen MR) is 469 cm³/mol. The Hall–Kier alpha value is -11.7. The molecule has 0 N–H and O–H groups in total. The molecular weight excluding hydrogens is 1330 g/mol. The van der Waals surface area contributed by atoms with Crippen molar-refractivity contribution in [2.45, 2.75) is 143 Å². The van der Waals surface area contributed by atoms with Gasteiger partial charge in [0.25, 0.3) is 0 Å². The van der Waals surface area contributed by atoms with Crippen LogP contribution in [0, 0.1) is 0 Å². The molecule has 2 aliphatic heterocycles. The van der Waals surface area contributed by atoms with E-state index in [2.05, 4.69) is 300 Å². The highest BCUT2D eigenvalue weighted by Gasteiger charge is 2.45. The Labute approximate surface area is 667 Å². The molecule has 0 fully saturated rings. The summed E-state index contributed by atoms with van der Waals surface area (Å²) in [6.07, 6.45) is 0.420. The monoisotopic (exact) mass is 1440 g/mol. The van der Waals surface area contributed by atoms with Crippen LogP contribution < -0.4 is 9.80 Å². The highest BCUT2D eigenvalue weighted by molar-refractivity contribution is 6.13. The van der Waals surface area contributed by atoms with E-state index in [-0.39, 0.29) is 61.1 Å². The van der Waals surface area contributed by atoms with Crippen molar-refractivity contribution in [3.8, 4) is 67.0 Å². The van der Waals surface area contributed by atoms with Gasteiger partial charge in [0.2, 0.25) is 0 Å². The fraction of sp³-hybridized carbons (Fsp3) is 0.208. The normalized spacial score (nSPS) is 15.8. The summed E-state index contributed by atoms with van der Waals surface area (Å²) in [6.45, 7) is 33.7. The number of fused-ring (bicyclic) bond motifs is 13. The van der Waals surface area contributed by atoms with Gasteiger partial charge in [-0.15, -0.1) is 0 Å². The molecule has 0 saturated heterocycles. The lowest BCUT2D eigenvalue weighted by Gasteiger charge is -2.46. The lowest BCUT2D eigenvalue weighted by molar-refractivity contribution is 0.569. The third-order valence-electron chi connectivity index (χ3n) is 23.4. The molecule has 0 spiro atoms. The highest BCUT2D eigenvalue weighted by Crippen LogP contribution is 2.65. The Kier molecular flexibility index (Phi) is 12.6. The lowest BCUT2D eigenvalue weighted by atomic mass is 9.74. The number of para-hydroxylation sites is 2. The minimum atomic E-state index is -0.689. The average Bonchev–Trinajstić information content (AvgIpc) is 1.47. The zero-order valence-corrected chi connectivity index (χ0v) is 65.3. The molecule has 0 amide bonds. The van der Waals surface area contributed by atoms with Crippen LogP contribution in [-0.2, 0) is 33.5 Å². The molecule has 1 aliphatic carbocycles. The van der Waals surface area contributed by atoms with Crippen molar-refractivity contribution in [3.63, 3.8) is 0 Å². The minimum Gasteiger partial charge on any atom is -0.309 e. The van der Waals surface area contributed by atoms with Gasteiger partial charge < -0.3 is 18.9 Å². The van der Waals surface area contributed by atoms with Gasteiger partial charge in [-0.2, -0.15) is 0 Å². The number of anilines is 6. The topological polar surface area (TPSA) is 16.3 Å². The summed E-state index contributed by atoms with van der Waals surface area (Å²) in [4.78, 5) is 4.65. The Morgan fingerprint density at radius 2 is 0.727 bits per heavy atom. The third-order valence-corrected chi connectivity index (χ3v) is 23.4. The first-order chi connectivity index (χ1) is 58.1.